The lowest BCUT2D eigenvalue weighted by Gasteiger charge is -2.39. The zero-order valence-corrected chi connectivity index (χ0v) is 13.9. The number of carbonyl (C=O) groups is 1. The van der Waals surface area contributed by atoms with Gasteiger partial charge in [0.05, 0.1) is 0 Å². The third kappa shape index (κ3) is 4.25. The molecule has 0 aliphatic carbocycles. The predicted octanol–water partition coefficient (Wildman–Crippen LogP) is 4.19. The molecule has 1 saturated heterocycles. The maximum atomic E-state index is 11.3. The van der Waals surface area contributed by atoms with Crippen molar-refractivity contribution in [2.75, 3.05) is 18.8 Å². The van der Waals surface area contributed by atoms with E-state index in [4.69, 9.17) is 0 Å². The Morgan fingerprint density at radius 3 is 2.42 bits per heavy atom. The number of amides is 1. The van der Waals surface area contributed by atoms with Gasteiger partial charge in [0.25, 0.3) is 0 Å². The Balaban J connectivity index is 1.86. The molecule has 1 fully saturated rings. The molecular formula is C15H20BrNOS. The highest BCUT2D eigenvalue weighted by molar-refractivity contribution is 9.10. The highest BCUT2D eigenvalue weighted by Gasteiger charge is 2.30. The largest absolute Gasteiger partial charge is 0.343 e. The lowest BCUT2D eigenvalue weighted by molar-refractivity contribution is -0.130. The first kappa shape index (κ1) is 14.9. The van der Waals surface area contributed by atoms with E-state index in [9.17, 15) is 4.79 Å². The van der Waals surface area contributed by atoms with Gasteiger partial charge < -0.3 is 4.90 Å². The molecule has 4 heteroatoms. The summed E-state index contributed by atoms with van der Waals surface area (Å²) in [5, 5.41) is 0. The molecule has 104 valence electrons. The molecule has 1 heterocycles. The summed E-state index contributed by atoms with van der Waals surface area (Å²) in [5.74, 6) is 1.34. The summed E-state index contributed by atoms with van der Waals surface area (Å²) in [4.78, 5) is 14.6. The average Bonchev–Trinajstić information content (AvgIpc) is 2.39. The Morgan fingerprint density at radius 1 is 1.32 bits per heavy atom. The number of nitrogens with zero attached hydrogens (tertiary/aromatic N) is 1. The smallest absolute Gasteiger partial charge is 0.219 e. The first-order chi connectivity index (χ1) is 8.98. The topological polar surface area (TPSA) is 20.3 Å². The van der Waals surface area contributed by atoms with E-state index in [2.05, 4.69) is 47.1 Å². The Labute approximate surface area is 128 Å². The minimum absolute atomic E-state index is 0.211. The maximum absolute atomic E-state index is 11.3. The molecule has 1 aromatic rings. The van der Waals surface area contributed by atoms with Gasteiger partial charge in [0, 0.05) is 35.1 Å². The summed E-state index contributed by atoms with van der Waals surface area (Å²) in [7, 11) is 0. The monoisotopic (exact) mass is 341 g/mol. The summed E-state index contributed by atoms with van der Waals surface area (Å²) in [6.07, 6.45) is 2.21. The Bertz CT molecular complexity index is 438. The van der Waals surface area contributed by atoms with Gasteiger partial charge in [-0.3, -0.25) is 4.79 Å². The molecule has 19 heavy (non-hydrogen) atoms. The number of benzene rings is 1. The minimum Gasteiger partial charge on any atom is -0.343 e. The van der Waals surface area contributed by atoms with E-state index in [1.54, 1.807) is 6.92 Å². The molecule has 1 aliphatic heterocycles. The number of carbonyl (C=O) groups excluding carboxylic acids is 1. The summed E-state index contributed by atoms with van der Waals surface area (Å²) >= 11 is 5.38. The Hall–Kier alpha value is -0.480. The van der Waals surface area contributed by atoms with Crippen molar-refractivity contribution >= 4 is 33.6 Å². The molecule has 1 aliphatic rings. The van der Waals surface area contributed by atoms with Gasteiger partial charge in [-0.25, -0.2) is 0 Å². The number of thioether (sulfide) groups is 1. The lowest BCUT2D eigenvalue weighted by atomic mass is 9.82. The van der Waals surface area contributed by atoms with Crippen LogP contribution in [0.15, 0.2) is 33.6 Å². The summed E-state index contributed by atoms with van der Waals surface area (Å²) in [6, 6.07) is 8.48. The van der Waals surface area contributed by atoms with Crippen molar-refractivity contribution in [3.8, 4) is 0 Å². The standard InChI is InChI=1S/C15H20BrNOS/c1-12(18)17-9-7-15(2,8-10-17)11-19-14-5-3-13(16)4-6-14/h3-6H,7-11H2,1-2H3. The molecule has 1 aromatic carbocycles. The van der Waals surface area contributed by atoms with Crippen LogP contribution in [0.2, 0.25) is 0 Å². The highest BCUT2D eigenvalue weighted by atomic mass is 79.9. The van der Waals surface area contributed by atoms with Crippen LogP contribution in [0.4, 0.5) is 0 Å². The minimum atomic E-state index is 0.211. The van der Waals surface area contributed by atoms with E-state index >= 15 is 0 Å². The number of rotatable bonds is 3. The first-order valence-electron chi connectivity index (χ1n) is 6.62. The molecule has 0 radical (unpaired) electrons. The Kier molecular flexibility index (Phi) is 4.96. The Morgan fingerprint density at radius 2 is 1.89 bits per heavy atom. The first-order valence-corrected chi connectivity index (χ1v) is 8.40. The van der Waals surface area contributed by atoms with Gasteiger partial charge in [-0.15, -0.1) is 11.8 Å². The van der Waals surface area contributed by atoms with Crippen molar-refractivity contribution in [2.45, 2.75) is 31.6 Å². The summed E-state index contributed by atoms with van der Waals surface area (Å²) < 4.78 is 1.12. The molecule has 2 nitrogen and oxygen atoms in total. The fraction of sp³-hybridized carbons (Fsp3) is 0.533. The van der Waals surface area contributed by atoms with E-state index < -0.39 is 0 Å². The molecule has 0 spiro atoms. The van der Waals surface area contributed by atoms with E-state index in [0.717, 1.165) is 36.2 Å². The third-order valence-electron chi connectivity index (χ3n) is 3.82. The fourth-order valence-corrected chi connectivity index (χ4v) is 3.69. The van der Waals surface area contributed by atoms with Crippen LogP contribution in [0.25, 0.3) is 0 Å². The third-order valence-corrected chi connectivity index (χ3v) is 5.79. The van der Waals surface area contributed by atoms with Gasteiger partial charge in [0.2, 0.25) is 5.91 Å². The number of halogens is 1. The van der Waals surface area contributed by atoms with Crippen LogP contribution in [0, 0.1) is 5.41 Å². The molecule has 0 N–H and O–H groups in total. The van der Waals surface area contributed by atoms with Crippen molar-refractivity contribution in [2.24, 2.45) is 5.41 Å². The van der Waals surface area contributed by atoms with Gasteiger partial charge in [-0.05, 0) is 42.5 Å². The number of likely N-dealkylation sites (tertiary alicyclic amines) is 1. The number of hydrogen-bond acceptors (Lipinski definition) is 2. The van der Waals surface area contributed by atoms with Crippen LogP contribution < -0.4 is 0 Å². The van der Waals surface area contributed by atoms with Gasteiger partial charge in [0.15, 0.2) is 0 Å². The van der Waals surface area contributed by atoms with Crippen molar-refractivity contribution in [1.82, 2.24) is 4.90 Å². The van der Waals surface area contributed by atoms with E-state index in [1.807, 2.05) is 16.7 Å². The number of hydrogen-bond donors (Lipinski definition) is 0. The van der Waals surface area contributed by atoms with Crippen molar-refractivity contribution < 1.29 is 4.79 Å². The molecule has 0 atom stereocenters. The van der Waals surface area contributed by atoms with Crippen LogP contribution in [0.5, 0.6) is 0 Å². The van der Waals surface area contributed by atoms with Crippen LogP contribution >= 0.6 is 27.7 Å². The van der Waals surface area contributed by atoms with Crippen LogP contribution in [0.1, 0.15) is 26.7 Å². The van der Waals surface area contributed by atoms with Crippen molar-refractivity contribution in [3.63, 3.8) is 0 Å². The molecule has 0 saturated carbocycles. The fourth-order valence-electron chi connectivity index (χ4n) is 2.29. The zero-order valence-electron chi connectivity index (χ0n) is 11.5. The molecule has 2 rings (SSSR count). The van der Waals surface area contributed by atoms with E-state index in [0.29, 0.717) is 5.41 Å². The van der Waals surface area contributed by atoms with Crippen LogP contribution in [-0.2, 0) is 4.79 Å². The van der Waals surface area contributed by atoms with E-state index in [-0.39, 0.29) is 5.91 Å². The van der Waals surface area contributed by atoms with Gasteiger partial charge in [-0.1, -0.05) is 22.9 Å². The van der Waals surface area contributed by atoms with Crippen molar-refractivity contribution in [1.29, 1.82) is 0 Å². The van der Waals surface area contributed by atoms with E-state index in [1.165, 1.54) is 4.90 Å². The van der Waals surface area contributed by atoms with Gasteiger partial charge in [0.1, 0.15) is 0 Å². The molecule has 1 amide bonds. The SMILES string of the molecule is CC(=O)N1CCC(C)(CSc2ccc(Br)cc2)CC1. The quantitative estimate of drug-likeness (QED) is 0.768. The summed E-state index contributed by atoms with van der Waals surface area (Å²) in [5.41, 5.74) is 0.351. The maximum Gasteiger partial charge on any atom is 0.219 e. The van der Waals surface area contributed by atoms with Gasteiger partial charge in [-0.2, -0.15) is 0 Å². The normalized spacial score (nSPS) is 18.4. The highest BCUT2D eigenvalue weighted by Crippen LogP contribution is 2.36. The molecular weight excluding hydrogens is 322 g/mol. The van der Waals surface area contributed by atoms with Crippen LogP contribution in [0.3, 0.4) is 0 Å². The average molecular weight is 342 g/mol. The predicted molar refractivity (Wildman–Crippen MR) is 84.5 cm³/mol. The molecule has 0 bridgehead atoms. The molecule has 0 unspecified atom stereocenters. The second kappa shape index (κ2) is 6.31. The van der Waals surface area contributed by atoms with Crippen LogP contribution in [-0.4, -0.2) is 29.6 Å². The zero-order chi connectivity index (χ0) is 13.9. The molecule has 0 aromatic heterocycles. The summed E-state index contributed by atoms with van der Waals surface area (Å²) in [6.45, 7) is 5.83. The second-order valence-electron chi connectivity index (χ2n) is 5.56. The lowest BCUT2D eigenvalue weighted by Crippen LogP contribution is -2.42. The van der Waals surface area contributed by atoms with Crippen molar-refractivity contribution in [3.05, 3.63) is 28.7 Å². The second-order valence-corrected chi connectivity index (χ2v) is 7.52. The number of piperidine rings is 1. The van der Waals surface area contributed by atoms with Gasteiger partial charge >= 0.3 is 0 Å².